The first-order valence-corrected chi connectivity index (χ1v) is 8.09. The third kappa shape index (κ3) is 4.59. The van der Waals surface area contributed by atoms with Crippen LogP contribution in [0.25, 0.3) is 0 Å². The number of benzene rings is 1. The fourth-order valence-corrected chi connectivity index (χ4v) is 2.75. The van der Waals surface area contributed by atoms with Crippen LogP contribution in [0, 0.1) is 12.7 Å². The van der Waals surface area contributed by atoms with Gasteiger partial charge in [-0.3, -0.25) is 9.59 Å². The average Bonchev–Trinajstić information content (AvgIpc) is 2.91. The molecular weight excluding hydrogens is 317 g/mol. The number of hydrogen-bond acceptors (Lipinski definition) is 4. The minimum atomic E-state index is -0.588. The van der Waals surface area contributed by atoms with Gasteiger partial charge in [-0.2, -0.15) is 0 Å². The Morgan fingerprint density at radius 3 is 2.70 bits per heavy atom. The van der Waals surface area contributed by atoms with E-state index in [0.29, 0.717) is 18.1 Å². The summed E-state index contributed by atoms with van der Waals surface area (Å²) in [6, 6.07) is 5.77. The molecule has 5 nitrogen and oxygen atoms in total. The number of hydrogen-bond donors (Lipinski definition) is 1. The molecule has 2 aromatic rings. The average molecular weight is 335 g/mol. The molecule has 0 saturated carbocycles. The highest BCUT2D eigenvalue weighted by atomic mass is 32.1. The summed E-state index contributed by atoms with van der Waals surface area (Å²) in [5, 5.41) is 3.14. The van der Waals surface area contributed by atoms with Gasteiger partial charge in [0, 0.05) is 17.6 Å². The molecule has 2 rings (SSSR count). The molecule has 0 atom stereocenters. The van der Waals surface area contributed by atoms with Gasteiger partial charge in [0.1, 0.15) is 12.4 Å². The molecule has 2 amide bonds. The molecule has 1 aromatic carbocycles. The molecule has 0 fully saturated rings. The Bertz CT molecular complexity index is 702. The third-order valence-corrected chi connectivity index (χ3v) is 3.92. The van der Waals surface area contributed by atoms with E-state index in [9.17, 15) is 14.0 Å². The molecule has 0 aliphatic rings. The lowest BCUT2D eigenvalue weighted by molar-refractivity contribution is -0.116. The zero-order chi connectivity index (χ0) is 16.8. The van der Waals surface area contributed by atoms with E-state index >= 15 is 0 Å². The van der Waals surface area contributed by atoms with E-state index in [4.69, 9.17) is 0 Å². The van der Waals surface area contributed by atoms with Crippen molar-refractivity contribution < 1.29 is 14.0 Å². The number of aromatic nitrogens is 1. The maximum atomic E-state index is 13.8. The molecule has 0 bridgehead atoms. The number of nitrogens with one attached hydrogen (secondary N) is 1. The standard InChI is InChI=1S/C16H18FN3O2S/c1-3-8-20(15(22)12-6-4-5-7-13(12)17)10-14(21)19-16-18-9-11(2)23-16/h4-7,9H,3,8,10H2,1-2H3,(H,18,19,21). The number of amides is 2. The SMILES string of the molecule is CCCN(CC(=O)Nc1ncc(C)s1)C(=O)c1ccccc1F. The van der Waals surface area contributed by atoms with E-state index in [2.05, 4.69) is 10.3 Å². The lowest BCUT2D eigenvalue weighted by Crippen LogP contribution is -2.38. The first-order chi connectivity index (χ1) is 11.0. The van der Waals surface area contributed by atoms with Crippen LogP contribution in [-0.2, 0) is 4.79 Å². The summed E-state index contributed by atoms with van der Waals surface area (Å²) in [4.78, 5) is 30.9. The van der Waals surface area contributed by atoms with Crippen LogP contribution in [-0.4, -0.2) is 34.8 Å². The van der Waals surface area contributed by atoms with Crippen LogP contribution in [0.5, 0.6) is 0 Å². The maximum absolute atomic E-state index is 13.8. The Labute approximate surface area is 138 Å². The van der Waals surface area contributed by atoms with Gasteiger partial charge < -0.3 is 10.2 Å². The molecule has 0 aliphatic heterocycles. The second kappa shape index (κ2) is 7.82. The van der Waals surface area contributed by atoms with E-state index in [1.54, 1.807) is 12.3 Å². The summed E-state index contributed by atoms with van der Waals surface area (Å²) < 4.78 is 13.8. The van der Waals surface area contributed by atoms with Crippen LogP contribution >= 0.6 is 11.3 Å². The molecule has 1 heterocycles. The summed E-state index contributed by atoms with van der Waals surface area (Å²) in [5.41, 5.74) is -0.0288. The minimum absolute atomic E-state index is 0.0288. The van der Waals surface area contributed by atoms with Crippen LogP contribution < -0.4 is 5.32 Å². The van der Waals surface area contributed by atoms with E-state index in [-0.39, 0.29) is 18.0 Å². The van der Waals surface area contributed by atoms with Gasteiger partial charge in [0.2, 0.25) is 5.91 Å². The minimum Gasteiger partial charge on any atom is -0.329 e. The molecule has 0 radical (unpaired) electrons. The highest BCUT2D eigenvalue weighted by molar-refractivity contribution is 7.15. The lowest BCUT2D eigenvalue weighted by Gasteiger charge is -2.21. The number of carbonyl (C=O) groups excluding carboxylic acids is 2. The van der Waals surface area contributed by atoms with E-state index in [0.717, 1.165) is 4.88 Å². The predicted molar refractivity (Wildman–Crippen MR) is 88.1 cm³/mol. The molecule has 0 saturated heterocycles. The highest BCUT2D eigenvalue weighted by Gasteiger charge is 2.21. The number of aryl methyl sites for hydroxylation is 1. The molecule has 0 aliphatic carbocycles. The third-order valence-electron chi connectivity index (χ3n) is 3.09. The van der Waals surface area contributed by atoms with Gasteiger partial charge in [0.15, 0.2) is 5.13 Å². The zero-order valence-electron chi connectivity index (χ0n) is 13.0. The molecule has 0 spiro atoms. The summed E-state index contributed by atoms with van der Waals surface area (Å²) >= 11 is 1.36. The van der Waals surface area contributed by atoms with Crippen LogP contribution in [0.3, 0.4) is 0 Å². The van der Waals surface area contributed by atoms with Crippen LogP contribution in [0.4, 0.5) is 9.52 Å². The quantitative estimate of drug-likeness (QED) is 0.882. The van der Waals surface area contributed by atoms with E-state index in [1.165, 1.54) is 34.4 Å². The molecule has 23 heavy (non-hydrogen) atoms. The largest absolute Gasteiger partial charge is 0.329 e. The van der Waals surface area contributed by atoms with Gasteiger partial charge >= 0.3 is 0 Å². The number of thiazole rings is 1. The van der Waals surface area contributed by atoms with Crippen molar-refractivity contribution in [3.63, 3.8) is 0 Å². The number of rotatable bonds is 6. The zero-order valence-corrected chi connectivity index (χ0v) is 13.8. The van der Waals surface area contributed by atoms with Crippen molar-refractivity contribution in [3.05, 3.63) is 46.7 Å². The molecule has 1 N–H and O–H groups in total. The normalized spacial score (nSPS) is 10.4. The van der Waals surface area contributed by atoms with Crippen molar-refractivity contribution in [1.82, 2.24) is 9.88 Å². The van der Waals surface area contributed by atoms with Gasteiger partial charge in [-0.15, -0.1) is 11.3 Å². The van der Waals surface area contributed by atoms with Gasteiger partial charge in [-0.25, -0.2) is 9.37 Å². The van der Waals surface area contributed by atoms with Crippen LogP contribution in [0.1, 0.15) is 28.6 Å². The first-order valence-electron chi connectivity index (χ1n) is 7.27. The van der Waals surface area contributed by atoms with Crippen LogP contribution in [0.2, 0.25) is 0 Å². The Kier molecular flexibility index (Phi) is 5.81. The summed E-state index contributed by atoms with van der Waals surface area (Å²) in [6.07, 6.45) is 2.33. The maximum Gasteiger partial charge on any atom is 0.257 e. The number of carbonyl (C=O) groups is 2. The molecule has 7 heteroatoms. The Morgan fingerprint density at radius 2 is 2.09 bits per heavy atom. The van der Waals surface area contributed by atoms with E-state index in [1.807, 2.05) is 13.8 Å². The van der Waals surface area contributed by atoms with E-state index < -0.39 is 11.7 Å². The highest BCUT2D eigenvalue weighted by Crippen LogP contribution is 2.16. The summed E-state index contributed by atoms with van der Waals surface area (Å²) in [7, 11) is 0. The molecule has 0 unspecified atom stereocenters. The topological polar surface area (TPSA) is 62.3 Å². The Hall–Kier alpha value is -2.28. The lowest BCUT2D eigenvalue weighted by atomic mass is 10.2. The predicted octanol–water partition coefficient (Wildman–Crippen LogP) is 3.08. The Morgan fingerprint density at radius 1 is 1.35 bits per heavy atom. The van der Waals surface area contributed by atoms with Crippen molar-refractivity contribution in [1.29, 1.82) is 0 Å². The second-order valence-corrected chi connectivity index (χ2v) is 6.27. The van der Waals surface area contributed by atoms with Gasteiger partial charge in [0.05, 0.1) is 5.56 Å². The first kappa shape index (κ1) is 17.1. The summed E-state index contributed by atoms with van der Waals surface area (Å²) in [6.45, 7) is 4.01. The van der Waals surface area contributed by atoms with Gasteiger partial charge in [-0.1, -0.05) is 19.1 Å². The van der Waals surface area contributed by atoms with Crippen molar-refractivity contribution >= 4 is 28.3 Å². The van der Waals surface area contributed by atoms with Crippen molar-refractivity contribution in [2.45, 2.75) is 20.3 Å². The van der Waals surface area contributed by atoms with Crippen molar-refractivity contribution in [2.75, 3.05) is 18.4 Å². The Balaban J connectivity index is 2.07. The molecular formula is C16H18FN3O2S. The fourth-order valence-electron chi connectivity index (χ4n) is 2.07. The van der Waals surface area contributed by atoms with Crippen molar-refractivity contribution in [3.8, 4) is 0 Å². The summed E-state index contributed by atoms with van der Waals surface area (Å²) in [5.74, 6) is -1.43. The number of halogens is 1. The van der Waals surface area contributed by atoms with Gasteiger partial charge in [-0.05, 0) is 25.5 Å². The smallest absolute Gasteiger partial charge is 0.257 e. The number of nitrogens with zero attached hydrogens (tertiary/aromatic N) is 2. The second-order valence-electron chi connectivity index (χ2n) is 5.03. The number of anilines is 1. The van der Waals surface area contributed by atoms with Crippen molar-refractivity contribution in [2.24, 2.45) is 0 Å². The fraction of sp³-hybridized carbons (Fsp3) is 0.312. The monoisotopic (exact) mass is 335 g/mol. The molecule has 1 aromatic heterocycles. The van der Waals surface area contributed by atoms with Crippen LogP contribution in [0.15, 0.2) is 30.5 Å². The molecule has 122 valence electrons. The van der Waals surface area contributed by atoms with Gasteiger partial charge in [0.25, 0.3) is 5.91 Å².